The van der Waals surface area contributed by atoms with E-state index in [4.69, 9.17) is 4.74 Å². The van der Waals surface area contributed by atoms with Crippen molar-refractivity contribution in [1.29, 1.82) is 0 Å². The molecule has 0 bridgehead atoms. The summed E-state index contributed by atoms with van der Waals surface area (Å²) >= 11 is 0. The Kier molecular flexibility index (Phi) is 7.21. The van der Waals surface area contributed by atoms with Crippen molar-refractivity contribution >= 4 is 11.8 Å². The molecule has 2 aromatic rings. The zero-order valence-electron chi connectivity index (χ0n) is 15.6. The van der Waals surface area contributed by atoms with Gasteiger partial charge >= 0.3 is 0 Å². The first-order valence-electron chi connectivity index (χ1n) is 8.79. The maximum atomic E-state index is 12.1. The van der Waals surface area contributed by atoms with Crippen LogP contribution in [0.25, 0.3) is 0 Å². The van der Waals surface area contributed by atoms with Crippen LogP contribution in [0.4, 0.5) is 0 Å². The molecule has 0 radical (unpaired) electrons. The Morgan fingerprint density at radius 1 is 1.04 bits per heavy atom. The van der Waals surface area contributed by atoms with Gasteiger partial charge in [-0.2, -0.15) is 0 Å². The molecule has 0 saturated carbocycles. The maximum absolute atomic E-state index is 12.1. The standard InChI is InChI=1S/C21H26N2O3/c1-4-26-19-8-6-5-7-17(19)13-14-20(24)22-15-16-9-11-18(12-10-16)21(25)23(2)3/h5-12H,4,13-15H2,1-3H3,(H,22,24). The molecule has 2 amide bonds. The molecule has 0 fully saturated rings. The fourth-order valence-corrected chi connectivity index (χ4v) is 2.57. The highest BCUT2D eigenvalue weighted by Gasteiger charge is 2.09. The highest BCUT2D eigenvalue weighted by Crippen LogP contribution is 2.19. The molecule has 0 atom stereocenters. The van der Waals surface area contributed by atoms with Crippen LogP contribution in [-0.4, -0.2) is 37.4 Å². The fourth-order valence-electron chi connectivity index (χ4n) is 2.57. The number of carbonyl (C=O) groups is 2. The predicted octanol–water partition coefficient (Wildman–Crippen LogP) is 3.04. The molecule has 0 aromatic heterocycles. The third-order valence-corrected chi connectivity index (χ3v) is 3.99. The van der Waals surface area contributed by atoms with E-state index in [0.29, 0.717) is 31.6 Å². The first kappa shape index (κ1) is 19.5. The molecule has 0 saturated heterocycles. The topological polar surface area (TPSA) is 58.6 Å². The van der Waals surface area contributed by atoms with Gasteiger partial charge in [-0.3, -0.25) is 9.59 Å². The first-order valence-corrected chi connectivity index (χ1v) is 8.79. The van der Waals surface area contributed by atoms with Crippen molar-refractivity contribution in [2.75, 3.05) is 20.7 Å². The number of rotatable bonds is 8. The number of aryl methyl sites for hydroxylation is 1. The number of carbonyl (C=O) groups excluding carboxylic acids is 2. The van der Waals surface area contributed by atoms with Gasteiger partial charge in [0.15, 0.2) is 0 Å². The Morgan fingerprint density at radius 3 is 2.38 bits per heavy atom. The van der Waals surface area contributed by atoms with Crippen molar-refractivity contribution in [1.82, 2.24) is 10.2 Å². The number of benzene rings is 2. The Hall–Kier alpha value is -2.82. The first-order chi connectivity index (χ1) is 12.5. The highest BCUT2D eigenvalue weighted by molar-refractivity contribution is 5.93. The Balaban J connectivity index is 1.83. The van der Waals surface area contributed by atoms with E-state index >= 15 is 0 Å². The largest absolute Gasteiger partial charge is 0.494 e. The molecule has 0 aliphatic rings. The summed E-state index contributed by atoms with van der Waals surface area (Å²) in [7, 11) is 3.44. The highest BCUT2D eigenvalue weighted by atomic mass is 16.5. The molecular formula is C21H26N2O3. The molecule has 5 heteroatoms. The van der Waals surface area contributed by atoms with E-state index < -0.39 is 0 Å². The van der Waals surface area contributed by atoms with E-state index in [1.807, 2.05) is 43.3 Å². The van der Waals surface area contributed by atoms with Gasteiger partial charge < -0.3 is 15.0 Å². The normalized spacial score (nSPS) is 10.3. The van der Waals surface area contributed by atoms with Crippen molar-refractivity contribution in [3.63, 3.8) is 0 Å². The molecule has 0 aliphatic carbocycles. The van der Waals surface area contributed by atoms with Gasteiger partial charge in [0.05, 0.1) is 6.61 Å². The van der Waals surface area contributed by atoms with Crippen LogP contribution >= 0.6 is 0 Å². The molecule has 0 aliphatic heterocycles. The van der Waals surface area contributed by atoms with Crippen LogP contribution in [-0.2, 0) is 17.8 Å². The monoisotopic (exact) mass is 354 g/mol. The summed E-state index contributed by atoms with van der Waals surface area (Å²) in [5.41, 5.74) is 2.64. The van der Waals surface area contributed by atoms with E-state index in [9.17, 15) is 9.59 Å². The summed E-state index contributed by atoms with van der Waals surface area (Å²) in [6.45, 7) is 3.00. The Bertz CT molecular complexity index is 739. The summed E-state index contributed by atoms with van der Waals surface area (Å²) in [4.78, 5) is 25.5. The van der Waals surface area contributed by atoms with Gasteiger partial charge in [0.25, 0.3) is 5.91 Å². The SMILES string of the molecule is CCOc1ccccc1CCC(=O)NCc1ccc(C(=O)N(C)C)cc1. The van der Waals surface area contributed by atoms with Crippen molar-refractivity contribution in [2.24, 2.45) is 0 Å². The number of ether oxygens (including phenoxy) is 1. The van der Waals surface area contributed by atoms with Crippen LogP contribution in [0, 0.1) is 0 Å². The summed E-state index contributed by atoms with van der Waals surface area (Å²) < 4.78 is 5.58. The lowest BCUT2D eigenvalue weighted by Gasteiger charge is -2.11. The predicted molar refractivity (Wildman–Crippen MR) is 102 cm³/mol. The Labute approximate surface area is 155 Å². The number of amides is 2. The minimum Gasteiger partial charge on any atom is -0.494 e. The lowest BCUT2D eigenvalue weighted by molar-refractivity contribution is -0.121. The van der Waals surface area contributed by atoms with E-state index in [0.717, 1.165) is 16.9 Å². The lowest BCUT2D eigenvalue weighted by Crippen LogP contribution is -2.23. The maximum Gasteiger partial charge on any atom is 0.253 e. The van der Waals surface area contributed by atoms with Crippen molar-refractivity contribution < 1.29 is 14.3 Å². The zero-order chi connectivity index (χ0) is 18.9. The second kappa shape index (κ2) is 9.61. The summed E-state index contributed by atoms with van der Waals surface area (Å²) in [6, 6.07) is 15.1. The quantitative estimate of drug-likeness (QED) is 0.793. The van der Waals surface area contributed by atoms with Gasteiger partial charge in [0, 0.05) is 32.6 Å². The van der Waals surface area contributed by atoms with Gasteiger partial charge in [-0.05, 0) is 42.7 Å². The number of nitrogens with zero attached hydrogens (tertiary/aromatic N) is 1. The minimum absolute atomic E-state index is 0.00949. The molecule has 2 rings (SSSR count). The zero-order valence-corrected chi connectivity index (χ0v) is 15.6. The van der Waals surface area contributed by atoms with Crippen molar-refractivity contribution in [3.8, 4) is 5.75 Å². The third-order valence-electron chi connectivity index (χ3n) is 3.99. The van der Waals surface area contributed by atoms with Gasteiger partial charge in [-0.15, -0.1) is 0 Å². The van der Waals surface area contributed by atoms with Gasteiger partial charge in [-0.25, -0.2) is 0 Å². The summed E-state index contributed by atoms with van der Waals surface area (Å²) in [5, 5.41) is 2.92. The molecule has 5 nitrogen and oxygen atoms in total. The minimum atomic E-state index is -0.0338. The smallest absolute Gasteiger partial charge is 0.253 e. The Morgan fingerprint density at radius 2 is 1.73 bits per heavy atom. The van der Waals surface area contributed by atoms with Gasteiger partial charge in [0.2, 0.25) is 5.91 Å². The summed E-state index contributed by atoms with van der Waals surface area (Å²) in [6.07, 6.45) is 1.04. The van der Waals surface area contributed by atoms with Crippen LogP contribution < -0.4 is 10.1 Å². The van der Waals surface area contributed by atoms with Gasteiger partial charge in [-0.1, -0.05) is 30.3 Å². The van der Waals surface area contributed by atoms with E-state index in [2.05, 4.69) is 5.32 Å². The van der Waals surface area contributed by atoms with Crippen LogP contribution in [0.5, 0.6) is 5.75 Å². The number of nitrogens with one attached hydrogen (secondary N) is 1. The molecule has 0 unspecified atom stereocenters. The number of para-hydroxylation sites is 1. The van der Waals surface area contributed by atoms with Crippen LogP contribution in [0.2, 0.25) is 0 Å². The second-order valence-electron chi connectivity index (χ2n) is 6.21. The van der Waals surface area contributed by atoms with E-state index in [-0.39, 0.29) is 11.8 Å². The number of hydrogen-bond donors (Lipinski definition) is 1. The van der Waals surface area contributed by atoms with Crippen molar-refractivity contribution in [2.45, 2.75) is 26.3 Å². The van der Waals surface area contributed by atoms with Gasteiger partial charge in [0.1, 0.15) is 5.75 Å². The molecule has 138 valence electrons. The van der Waals surface area contributed by atoms with Crippen LogP contribution in [0.3, 0.4) is 0 Å². The number of hydrogen-bond acceptors (Lipinski definition) is 3. The fraction of sp³-hybridized carbons (Fsp3) is 0.333. The summed E-state index contributed by atoms with van der Waals surface area (Å²) in [5.74, 6) is 0.794. The molecule has 0 spiro atoms. The van der Waals surface area contributed by atoms with E-state index in [1.165, 1.54) is 4.90 Å². The molecule has 2 aromatic carbocycles. The average Bonchev–Trinajstić information content (AvgIpc) is 2.65. The second-order valence-corrected chi connectivity index (χ2v) is 6.21. The molecule has 1 N–H and O–H groups in total. The van der Waals surface area contributed by atoms with E-state index in [1.54, 1.807) is 26.2 Å². The van der Waals surface area contributed by atoms with Crippen molar-refractivity contribution in [3.05, 3.63) is 65.2 Å². The molecule has 0 heterocycles. The molecular weight excluding hydrogens is 328 g/mol. The average molecular weight is 354 g/mol. The molecule has 26 heavy (non-hydrogen) atoms. The van der Waals surface area contributed by atoms with Crippen LogP contribution in [0.1, 0.15) is 34.8 Å². The lowest BCUT2D eigenvalue weighted by atomic mass is 10.1. The van der Waals surface area contributed by atoms with Crippen LogP contribution in [0.15, 0.2) is 48.5 Å². The third kappa shape index (κ3) is 5.62.